The third-order valence-corrected chi connectivity index (χ3v) is 3.14. The van der Waals surface area contributed by atoms with Gasteiger partial charge in [-0.15, -0.1) is 0 Å². The fourth-order valence-electron chi connectivity index (χ4n) is 2.35. The number of carboxylic acid groups (broad SMARTS) is 1. The summed E-state index contributed by atoms with van der Waals surface area (Å²) in [6.45, 7) is 1.79. The van der Waals surface area contributed by atoms with Crippen molar-refractivity contribution in [3.05, 3.63) is 30.1 Å². The van der Waals surface area contributed by atoms with Gasteiger partial charge < -0.3 is 10.4 Å². The van der Waals surface area contributed by atoms with Gasteiger partial charge in [-0.1, -0.05) is 0 Å². The first-order valence-electron chi connectivity index (χ1n) is 5.62. The van der Waals surface area contributed by atoms with E-state index in [1.807, 2.05) is 0 Å². The lowest BCUT2D eigenvalue weighted by atomic mass is 9.82. The predicted octanol–water partition coefficient (Wildman–Crippen LogP) is 1.25. The molecule has 0 aliphatic carbocycles. The molecule has 1 saturated heterocycles. The van der Waals surface area contributed by atoms with Crippen LogP contribution in [-0.2, 0) is 4.79 Å². The third-order valence-electron chi connectivity index (χ3n) is 3.14. The first-order valence-corrected chi connectivity index (χ1v) is 5.62. The van der Waals surface area contributed by atoms with Crippen molar-refractivity contribution in [1.82, 2.24) is 10.3 Å². The van der Waals surface area contributed by atoms with Gasteiger partial charge in [-0.2, -0.15) is 0 Å². The highest BCUT2D eigenvalue weighted by Crippen LogP contribution is 2.29. The number of nitrogens with one attached hydrogen (secondary N) is 1. The summed E-state index contributed by atoms with van der Waals surface area (Å²) in [6, 6.07) is 3.60. The monoisotopic (exact) mass is 220 g/mol. The summed E-state index contributed by atoms with van der Waals surface area (Å²) in [4.78, 5) is 15.3. The number of aromatic nitrogens is 1. The Bertz CT molecular complexity index is 347. The molecule has 1 aliphatic heterocycles. The van der Waals surface area contributed by atoms with E-state index in [1.54, 1.807) is 24.5 Å². The molecule has 0 bridgehead atoms. The van der Waals surface area contributed by atoms with Gasteiger partial charge >= 0.3 is 5.97 Å². The van der Waals surface area contributed by atoms with E-state index in [2.05, 4.69) is 10.3 Å². The number of aliphatic carboxylic acids is 1. The van der Waals surface area contributed by atoms with Crippen LogP contribution in [0.3, 0.4) is 0 Å². The number of carboxylic acids is 1. The largest absolute Gasteiger partial charge is 0.481 e. The molecule has 1 aromatic rings. The standard InChI is InChI=1S/C12H16N2O2/c15-12(16)11(9-3-6-13-7-4-9)10-2-1-5-14-8-10/h3-4,6-7,10-11,14H,1-2,5,8H2,(H,15,16). The molecule has 0 amide bonds. The molecule has 86 valence electrons. The molecule has 2 atom stereocenters. The normalized spacial score (nSPS) is 22.6. The number of piperidine rings is 1. The highest BCUT2D eigenvalue weighted by molar-refractivity contribution is 5.76. The molecular formula is C12H16N2O2. The molecule has 2 rings (SSSR count). The Kier molecular flexibility index (Phi) is 3.51. The van der Waals surface area contributed by atoms with Crippen molar-refractivity contribution >= 4 is 5.97 Å². The molecule has 4 heteroatoms. The van der Waals surface area contributed by atoms with Gasteiger partial charge in [-0.25, -0.2) is 0 Å². The highest BCUT2D eigenvalue weighted by Gasteiger charge is 2.30. The second-order valence-electron chi connectivity index (χ2n) is 4.20. The lowest BCUT2D eigenvalue weighted by Gasteiger charge is -2.28. The molecule has 0 aromatic carbocycles. The average molecular weight is 220 g/mol. The van der Waals surface area contributed by atoms with Crippen LogP contribution in [-0.4, -0.2) is 29.1 Å². The zero-order valence-electron chi connectivity index (χ0n) is 9.10. The van der Waals surface area contributed by atoms with E-state index >= 15 is 0 Å². The Labute approximate surface area is 94.7 Å². The summed E-state index contributed by atoms with van der Waals surface area (Å²) < 4.78 is 0. The number of nitrogens with zero attached hydrogens (tertiary/aromatic N) is 1. The van der Waals surface area contributed by atoms with Crippen molar-refractivity contribution < 1.29 is 9.90 Å². The molecule has 2 heterocycles. The lowest BCUT2D eigenvalue weighted by Crippen LogP contribution is -2.36. The van der Waals surface area contributed by atoms with Crippen molar-refractivity contribution in [1.29, 1.82) is 0 Å². The second kappa shape index (κ2) is 5.07. The Morgan fingerprint density at radius 1 is 1.50 bits per heavy atom. The van der Waals surface area contributed by atoms with Crippen LogP contribution in [0, 0.1) is 5.92 Å². The van der Waals surface area contributed by atoms with E-state index in [-0.39, 0.29) is 5.92 Å². The van der Waals surface area contributed by atoms with Crippen molar-refractivity contribution in [2.24, 2.45) is 5.92 Å². The van der Waals surface area contributed by atoms with Gasteiger partial charge in [0, 0.05) is 12.4 Å². The van der Waals surface area contributed by atoms with E-state index < -0.39 is 11.9 Å². The zero-order valence-corrected chi connectivity index (χ0v) is 9.10. The Balaban J connectivity index is 2.20. The molecule has 0 radical (unpaired) electrons. The van der Waals surface area contributed by atoms with Crippen molar-refractivity contribution in [2.45, 2.75) is 18.8 Å². The van der Waals surface area contributed by atoms with Crippen molar-refractivity contribution in [2.75, 3.05) is 13.1 Å². The summed E-state index contributed by atoms with van der Waals surface area (Å²) in [6.07, 6.45) is 5.34. The van der Waals surface area contributed by atoms with Gasteiger partial charge in [0.15, 0.2) is 0 Å². The lowest BCUT2D eigenvalue weighted by molar-refractivity contribution is -0.140. The minimum atomic E-state index is -0.736. The smallest absolute Gasteiger partial charge is 0.311 e. The number of pyridine rings is 1. The van der Waals surface area contributed by atoms with E-state index in [0.717, 1.165) is 31.5 Å². The SMILES string of the molecule is O=C(O)C(c1ccncc1)C1CCCNC1. The van der Waals surface area contributed by atoms with E-state index in [1.165, 1.54) is 0 Å². The van der Waals surface area contributed by atoms with Crippen LogP contribution in [0.1, 0.15) is 24.3 Å². The van der Waals surface area contributed by atoms with Crippen molar-refractivity contribution in [3.63, 3.8) is 0 Å². The number of rotatable bonds is 3. The van der Waals surface area contributed by atoms with E-state index in [4.69, 9.17) is 0 Å². The average Bonchev–Trinajstić information content (AvgIpc) is 2.31. The molecule has 0 spiro atoms. The third kappa shape index (κ3) is 2.39. The van der Waals surface area contributed by atoms with E-state index in [0.29, 0.717) is 0 Å². The predicted molar refractivity (Wildman–Crippen MR) is 60.2 cm³/mol. The summed E-state index contributed by atoms with van der Waals surface area (Å²) >= 11 is 0. The molecule has 4 nitrogen and oxygen atoms in total. The minimum absolute atomic E-state index is 0.189. The van der Waals surface area contributed by atoms with Crippen LogP contribution in [0.2, 0.25) is 0 Å². The van der Waals surface area contributed by atoms with Crippen LogP contribution >= 0.6 is 0 Å². The molecule has 2 unspecified atom stereocenters. The topological polar surface area (TPSA) is 62.2 Å². The first-order chi connectivity index (χ1) is 7.79. The maximum absolute atomic E-state index is 11.4. The first kappa shape index (κ1) is 11.1. The fraction of sp³-hybridized carbons (Fsp3) is 0.500. The number of hydrogen-bond acceptors (Lipinski definition) is 3. The highest BCUT2D eigenvalue weighted by atomic mass is 16.4. The van der Waals surface area contributed by atoms with Gasteiger partial charge in [0.1, 0.15) is 0 Å². The van der Waals surface area contributed by atoms with Crippen LogP contribution in [0.15, 0.2) is 24.5 Å². The van der Waals surface area contributed by atoms with Gasteiger partial charge in [-0.05, 0) is 49.5 Å². The summed E-state index contributed by atoms with van der Waals surface area (Å²) in [5.41, 5.74) is 0.858. The van der Waals surface area contributed by atoms with Gasteiger partial charge in [-0.3, -0.25) is 9.78 Å². The molecule has 2 N–H and O–H groups in total. The quantitative estimate of drug-likeness (QED) is 0.804. The van der Waals surface area contributed by atoms with Crippen molar-refractivity contribution in [3.8, 4) is 0 Å². The number of carbonyl (C=O) groups is 1. The Morgan fingerprint density at radius 3 is 2.81 bits per heavy atom. The fourth-order valence-corrected chi connectivity index (χ4v) is 2.35. The molecular weight excluding hydrogens is 204 g/mol. The molecule has 1 aliphatic rings. The molecule has 1 fully saturated rings. The molecule has 1 aromatic heterocycles. The maximum atomic E-state index is 11.4. The summed E-state index contributed by atoms with van der Waals surface area (Å²) in [5, 5.41) is 12.6. The Hall–Kier alpha value is -1.42. The van der Waals surface area contributed by atoms with E-state index in [9.17, 15) is 9.90 Å². The minimum Gasteiger partial charge on any atom is -0.481 e. The van der Waals surface area contributed by atoms with Gasteiger partial charge in [0.2, 0.25) is 0 Å². The zero-order chi connectivity index (χ0) is 11.4. The molecule has 0 saturated carbocycles. The van der Waals surface area contributed by atoms with Gasteiger partial charge in [0.05, 0.1) is 5.92 Å². The summed E-state index contributed by atoms with van der Waals surface area (Å²) in [7, 11) is 0. The number of hydrogen-bond donors (Lipinski definition) is 2. The maximum Gasteiger partial charge on any atom is 0.311 e. The van der Waals surface area contributed by atoms with Crippen LogP contribution in [0.5, 0.6) is 0 Å². The van der Waals surface area contributed by atoms with Crippen LogP contribution < -0.4 is 5.32 Å². The van der Waals surface area contributed by atoms with Crippen LogP contribution in [0.4, 0.5) is 0 Å². The van der Waals surface area contributed by atoms with Crippen LogP contribution in [0.25, 0.3) is 0 Å². The Morgan fingerprint density at radius 2 is 2.25 bits per heavy atom. The molecule has 16 heavy (non-hydrogen) atoms. The second-order valence-corrected chi connectivity index (χ2v) is 4.20. The summed E-state index contributed by atoms with van der Waals surface area (Å²) in [5.74, 6) is -0.954. The van der Waals surface area contributed by atoms with Gasteiger partial charge in [0.25, 0.3) is 0 Å².